The average molecular weight is 369 g/mol. The number of amides is 1. The average Bonchev–Trinajstić information content (AvgIpc) is 2.57. The molecule has 0 fully saturated rings. The van der Waals surface area contributed by atoms with Gasteiger partial charge in [0.25, 0.3) is 5.91 Å². The van der Waals surface area contributed by atoms with Crippen molar-refractivity contribution >= 4 is 21.4 Å². The van der Waals surface area contributed by atoms with Gasteiger partial charge >= 0.3 is 5.76 Å². The Labute approximate surface area is 144 Å². The first kappa shape index (κ1) is 18.9. The third-order valence-corrected chi connectivity index (χ3v) is 4.83. The molecule has 0 aliphatic carbocycles. The zero-order valence-electron chi connectivity index (χ0n) is 13.6. The number of benzene rings is 2. The normalized spacial score (nSPS) is 12.7. The number of carbonyl (C=O) groups is 1. The molecule has 1 atom stereocenters. The second-order valence-corrected chi connectivity index (χ2v) is 7.25. The van der Waals surface area contributed by atoms with Crippen molar-refractivity contribution in [2.75, 3.05) is 5.32 Å². The summed E-state index contributed by atoms with van der Waals surface area (Å²) in [6.45, 7) is 3.37. The fourth-order valence-electron chi connectivity index (χ4n) is 2.02. The summed E-state index contributed by atoms with van der Waals surface area (Å²) in [5.74, 6) is -3.77. The van der Waals surface area contributed by atoms with Crippen LogP contribution < -0.4 is 10.1 Å². The van der Waals surface area contributed by atoms with E-state index in [0.29, 0.717) is 5.75 Å². The molecule has 5 nitrogen and oxygen atoms in total. The van der Waals surface area contributed by atoms with E-state index >= 15 is 0 Å². The van der Waals surface area contributed by atoms with Crippen LogP contribution in [-0.4, -0.2) is 26.2 Å². The van der Waals surface area contributed by atoms with E-state index in [1.807, 2.05) is 19.1 Å². The summed E-state index contributed by atoms with van der Waals surface area (Å²) >= 11 is 0. The van der Waals surface area contributed by atoms with E-state index in [9.17, 15) is 22.0 Å². The first-order valence-electron chi connectivity index (χ1n) is 7.37. The van der Waals surface area contributed by atoms with Gasteiger partial charge in [0.15, 0.2) is 6.10 Å². The molecule has 25 heavy (non-hydrogen) atoms. The van der Waals surface area contributed by atoms with E-state index in [0.717, 1.165) is 11.6 Å². The SMILES string of the molecule is Cc1ccc(OC(C)C(=O)Nc2ccccc2S(=O)(=O)C(F)F)cc1. The molecular formula is C17H17F2NO4S. The summed E-state index contributed by atoms with van der Waals surface area (Å²) in [5.41, 5.74) is 0.808. The minimum atomic E-state index is -4.83. The molecule has 0 saturated carbocycles. The first-order chi connectivity index (χ1) is 11.7. The van der Waals surface area contributed by atoms with Crippen LogP contribution in [-0.2, 0) is 14.6 Å². The molecular weight excluding hydrogens is 352 g/mol. The van der Waals surface area contributed by atoms with Crippen LogP contribution in [0, 0.1) is 6.92 Å². The summed E-state index contributed by atoms with van der Waals surface area (Å²) in [4.78, 5) is 11.6. The van der Waals surface area contributed by atoms with Crippen molar-refractivity contribution in [2.24, 2.45) is 0 Å². The quantitative estimate of drug-likeness (QED) is 0.847. The molecule has 1 amide bonds. The molecule has 134 valence electrons. The van der Waals surface area contributed by atoms with Crippen molar-refractivity contribution in [1.29, 1.82) is 0 Å². The molecule has 2 rings (SSSR count). The van der Waals surface area contributed by atoms with Crippen molar-refractivity contribution in [3.05, 3.63) is 54.1 Å². The molecule has 2 aromatic carbocycles. The third-order valence-electron chi connectivity index (χ3n) is 3.39. The van der Waals surface area contributed by atoms with Gasteiger partial charge in [-0.3, -0.25) is 4.79 Å². The van der Waals surface area contributed by atoms with Crippen LogP contribution in [0.1, 0.15) is 12.5 Å². The molecule has 0 radical (unpaired) electrons. The lowest BCUT2D eigenvalue weighted by Crippen LogP contribution is -2.31. The molecule has 0 spiro atoms. The molecule has 2 aromatic rings. The van der Waals surface area contributed by atoms with Crippen LogP contribution in [0.25, 0.3) is 0 Å². The molecule has 0 aliphatic heterocycles. The van der Waals surface area contributed by atoms with E-state index in [1.165, 1.54) is 25.1 Å². The monoisotopic (exact) mass is 369 g/mol. The van der Waals surface area contributed by atoms with Crippen molar-refractivity contribution in [2.45, 2.75) is 30.6 Å². The lowest BCUT2D eigenvalue weighted by atomic mass is 10.2. The topological polar surface area (TPSA) is 72.5 Å². The summed E-state index contributed by atoms with van der Waals surface area (Å²) in [5, 5.41) is 2.33. The lowest BCUT2D eigenvalue weighted by Gasteiger charge is -2.16. The fraction of sp³-hybridized carbons (Fsp3) is 0.235. The van der Waals surface area contributed by atoms with Crippen molar-refractivity contribution in [1.82, 2.24) is 0 Å². The Balaban J connectivity index is 2.16. The largest absolute Gasteiger partial charge is 0.481 e. The van der Waals surface area contributed by atoms with Gasteiger partial charge in [-0.15, -0.1) is 0 Å². The summed E-state index contributed by atoms with van der Waals surface area (Å²) < 4.78 is 54.4. The highest BCUT2D eigenvalue weighted by molar-refractivity contribution is 7.91. The van der Waals surface area contributed by atoms with Gasteiger partial charge in [0, 0.05) is 0 Å². The molecule has 1 N–H and O–H groups in total. The zero-order chi connectivity index (χ0) is 18.6. The lowest BCUT2D eigenvalue weighted by molar-refractivity contribution is -0.122. The minimum absolute atomic E-state index is 0.216. The highest BCUT2D eigenvalue weighted by Gasteiger charge is 2.30. The van der Waals surface area contributed by atoms with Gasteiger partial charge in [0.2, 0.25) is 9.84 Å². The maximum atomic E-state index is 12.8. The molecule has 0 heterocycles. The van der Waals surface area contributed by atoms with Gasteiger partial charge in [-0.05, 0) is 38.1 Å². The van der Waals surface area contributed by atoms with Gasteiger partial charge in [-0.1, -0.05) is 29.8 Å². The highest BCUT2D eigenvalue weighted by Crippen LogP contribution is 2.26. The summed E-state index contributed by atoms with van der Waals surface area (Å²) in [7, 11) is -4.83. The molecule has 0 aromatic heterocycles. The number of anilines is 1. The Morgan fingerprint density at radius 3 is 2.28 bits per heavy atom. The van der Waals surface area contributed by atoms with E-state index in [2.05, 4.69) is 5.32 Å². The van der Waals surface area contributed by atoms with Gasteiger partial charge in [-0.2, -0.15) is 8.78 Å². The Morgan fingerprint density at radius 1 is 1.08 bits per heavy atom. The number of rotatable bonds is 6. The number of hydrogen-bond acceptors (Lipinski definition) is 4. The van der Waals surface area contributed by atoms with E-state index < -0.39 is 32.5 Å². The van der Waals surface area contributed by atoms with Crippen molar-refractivity contribution in [3.8, 4) is 5.75 Å². The van der Waals surface area contributed by atoms with Crippen LogP contribution in [0.15, 0.2) is 53.4 Å². The number of ether oxygens (including phenoxy) is 1. The molecule has 1 unspecified atom stereocenters. The maximum Gasteiger partial charge on any atom is 0.341 e. The Hall–Kier alpha value is -2.48. The number of alkyl halides is 2. The van der Waals surface area contributed by atoms with Crippen LogP contribution in [0.3, 0.4) is 0 Å². The minimum Gasteiger partial charge on any atom is -0.481 e. The zero-order valence-corrected chi connectivity index (χ0v) is 14.4. The number of nitrogens with one attached hydrogen (secondary N) is 1. The number of para-hydroxylation sites is 1. The first-order valence-corrected chi connectivity index (χ1v) is 8.91. The predicted octanol–water partition coefficient (Wildman–Crippen LogP) is 3.40. The van der Waals surface area contributed by atoms with Crippen LogP contribution in [0.2, 0.25) is 0 Å². The van der Waals surface area contributed by atoms with E-state index in [-0.39, 0.29) is 5.69 Å². The van der Waals surface area contributed by atoms with Crippen molar-refractivity contribution in [3.63, 3.8) is 0 Å². The summed E-state index contributed by atoms with van der Waals surface area (Å²) in [6, 6.07) is 12.0. The van der Waals surface area contributed by atoms with E-state index in [4.69, 9.17) is 4.74 Å². The second kappa shape index (κ2) is 7.60. The van der Waals surface area contributed by atoms with Gasteiger partial charge in [0.1, 0.15) is 5.75 Å². The van der Waals surface area contributed by atoms with Gasteiger partial charge in [0.05, 0.1) is 10.6 Å². The number of sulfone groups is 1. The number of carbonyl (C=O) groups excluding carboxylic acids is 1. The smallest absolute Gasteiger partial charge is 0.341 e. The van der Waals surface area contributed by atoms with Gasteiger partial charge in [-0.25, -0.2) is 8.42 Å². The molecule has 8 heteroatoms. The maximum absolute atomic E-state index is 12.8. The number of hydrogen-bond donors (Lipinski definition) is 1. The van der Waals surface area contributed by atoms with Crippen molar-refractivity contribution < 1.29 is 26.7 Å². The highest BCUT2D eigenvalue weighted by atomic mass is 32.2. The van der Waals surface area contributed by atoms with Crippen LogP contribution in [0.4, 0.5) is 14.5 Å². The molecule has 0 saturated heterocycles. The number of halogens is 2. The molecule has 0 bridgehead atoms. The van der Waals surface area contributed by atoms with Gasteiger partial charge < -0.3 is 10.1 Å². The fourth-order valence-corrected chi connectivity index (χ4v) is 2.91. The molecule has 0 aliphatic rings. The second-order valence-electron chi connectivity index (χ2n) is 5.36. The Bertz CT molecular complexity index is 851. The summed E-state index contributed by atoms with van der Waals surface area (Å²) in [6.07, 6.45) is -0.954. The standard InChI is InChI=1S/C17H17F2NO4S/c1-11-7-9-13(10-8-11)24-12(2)16(21)20-14-5-3-4-6-15(14)25(22,23)17(18)19/h3-10,12,17H,1-2H3,(H,20,21). The van der Waals surface area contributed by atoms with E-state index in [1.54, 1.807) is 12.1 Å². The Kier molecular flexibility index (Phi) is 5.73. The Morgan fingerprint density at radius 2 is 1.68 bits per heavy atom. The predicted molar refractivity (Wildman–Crippen MR) is 89.5 cm³/mol. The number of aryl methyl sites for hydroxylation is 1. The van der Waals surface area contributed by atoms with Crippen LogP contribution in [0.5, 0.6) is 5.75 Å². The third kappa shape index (κ3) is 4.54. The van der Waals surface area contributed by atoms with Crippen LogP contribution >= 0.6 is 0 Å².